The lowest BCUT2D eigenvalue weighted by molar-refractivity contribution is 0.435. The number of rotatable bonds is 2. The SMILES string of the molecule is CC(C)c1c(-c2ccc(Cl)o2)noc1N. The molecule has 2 aromatic heterocycles. The summed E-state index contributed by atoms with van der Waals surface area (Å²) in [5.74, 6) is 1.12. The zero-order chi connectivity index (χ0) is 11.0. The fourth-order valence-corrected chi connectivity index (χ4v) is 1.63. The Balaban J connectivity index is 2.53. The van der Waals surface area contributed by atoms with E-state index in [-0.39, 0.29) is 5.92 Å². The molecule has 0 saturated carbocycles. The minimum atomic E-state index is 0.218. The van der Waals surface area contributed by atoms with Crippen molar-refractivity contribution >= 4 is 17.5 Å². The number of anilines is 1. The first-order valence-corrected chi connectivity index (χ1v) is 4.98. The van der Waals surface area contributed by atoms with Gasteiger partial charge in [0.2, 0.25) is 5.88 Å². The predicted molar refractivity (Wildman–Crippen MR) is 57.7 cm³/mol. The van der Waals surface area contributed by atoms with Crippen LogP contribution in [0.3, 0.4) is 0 Å². The van der Waals surface area contributed by atoms with E-state index in [0.29, 0.717) is 22.6 Å². The number of nitrogen functional groups attached to an aromatic ring is 1. The quantitative estimate of drug-likeness (QED) is 0.853. The number of aromatic nitrogens is 1. The molecule has 0 radical (unpaired) electrons. The second-order valence-corrected chi connectivity index (χ2v) is 3.94. The van der Waals surface area contributed by atoms with Crippen LogP contribution in [-0.4, -0.2) is 5.16 Å². The van der Waals surface area contributed by atoms with E-state index in [1.54, 1.807) is 12.1 Å². The summed E-state index contributed by atoms with van der Waals surface area (Å²) in [6.45, 7) is 4.02. The summed E-state index contributed by atoms with van der Waals surface area (Å²) in [4.78, 5) is 0. The van der Waals surface area contributed by atoms with Crippen molar-refractivity contribution < 1.29 is 8.94 Å². The summed E-state index contributed by atoms with van der Waals surface area (Å²) in [7, 11) is 0. The van der Waals surface area contributed by atoms with Gasteiger partial charge in [-0.05, 0) is 29.7 Å². The molecular formula is C10H11ClN2O2. The zero-order valence-corrected chi connectivity index (χ0v) is 9.21. The standard InChI is InChI=1S/C10H11ClN2O2/c1-5(2)8-9(13-15-10(8)12)6-3-4-7(11)14-6/h3-5H,12H2,1-2H3. The van der Waals surface area contributed by atoms with Crippen molar-refractivity contribution in [2.75, 3.05) is 5.73 Å². The van der Waals surface area contributed by atoms with E-state index < -0.39 is 0 Å². The van der Waals surface area contributed by atoms with Gasteiger partial charge in [-0.25, -0.2) is 0 Å². The minimum absolute atomic E-state index is 0.218. The molecule has 0 amide bonds. The average molecular weight is 227 g/mol. The second-order valence-electron chi connectivity index (χ2n) is 3.57. The first-order chi connectivity index (χ1) is 7.09. The Bertz CT molecular complexity index is 473. The molecule has 2 aromatic rings. The van der Waals surface area contributed by atoms with E-state index >= 15 is 0 Å². The molecule has 2 N–H and O–H groups in total. The molecular weight excluding hydrogens is 216 g/mol. The Labute approximate surface area is 92.0 Å². The Morgan fingerprint density at radius 1 is 1.40 bits per heavy atom. The molecule has 2 heterocycles. The molecule has 0 bridgehead atoms. The van der Waals surface area contributed by atoms with Crippen molar-refractivity contribution in [2.24, 2.45) is 0 Å². The Morgan fingerprint density at radius 2 is 2.13 bits per heavy atom. The van der Waals surface area contributed by atoms with Crippen molar-refractivity contribution in [3.05, 3.63) is 22.9 Å². The van der Waals surface area contributed by atoms with Gasteiger partial charge >= 0.3 is 0 Å². The number of nitrogens with two attached hydrogens (primary N) is 1. The van der Waals surface area contributed by atoms with Crippen molar-refractivity contribution in [1.29, 1.82) is 0 Å². The molecule has 0 aliphatic rings. The molecule has 0 atom stereocenters. The van der Waals surface area contributed by atoms with Crippen LogP contribution in [0.15, 0.2) is 21.1 Å². The molecule has 0 fully saturated rings. The summed E-state index contributed by atoms with van der Waals surface area (Å²) in [6, 6.07) is 3.40. The summed E-state index contributed by atoms with van der Waals surface area (Å²) in [5, 5.41) is 4.19. The van der Waals surface area contributed by atoms with Crippen LogP contribution in [0.25, 0.3) is 11.5 Å². The van der Waals surface area contributed by atoms with Crippen LogP contribution >= 0.6 is 11.6 Å². The van der Waals surface area contributed by atoms with E-state index in [4.69, 9.17) is 26.3 Å². The largest absolute Gasteiger partial charge is 0.443 e. The minimum Gasteiger partial charge on any atom is -0.443 e. The van der Waals surface area contributed by atoms with Crippen LogP contribution in [0, 0.1) is 0 Å². The van der Waals surface area contributed by atoms with E-state index in [2.05, 4.69) is 5.16 Å². The van der Waals surface area contributed by atoms with Gasteiger partial charge in [0.05, 0.1) is 5.56 Å². The van der Waals surface area contributed by atoms with Crippen molar-refractivity contribution in [3.63, 3.8) is 0 Å². The Kier molecular flexibility index (Phi) is 2.44. The van der Waals surface area contributed by atoms with Crippen LogP contribution in [0.5, 0.6) is 0 Å². The van der Waals surface area contributed by atoms with Crippen LogP contribution < -0.4 is 5.73 Å². The van der Waals surface area contributed by atoms with Gasteiger partial charge in [-0.3, -0.25) is 0 Å². The molecule has 5 heteroatoms. The van der Waals surface area contributed by atoms with Gasteiger partial charge in [0.15, 0.2) is 16.7 Å². The van der Waals surface area contributed by atoms with Crippen molar-refractivity contribution in [1.82, 2.24) is 5.16 Å². The predicted octanol–water partition coefficient (Wildman–Crippen LogP) is 3.29. The van der Waals surface area contributed by atoms with Gasteiger partial charge in [-0.1, -0.05) is 19.0 Å². The van der Waals surface area contributed by atoms with Gasteiger partial charge in [0, 0.05) is 0 Å². The normalized spacial score (nSPS) is 11.2. The molecule has 0 aromatic carbocycles. The van der Waals surface area contributed by atoms with Crippen molar-refractivity contribution in [3.8, 4) is 11.5 Å². The maximum atomic E-state index is 5.69. The topological polar surface area (TPSA) is 65.2 Å². The van der Waals surface area contributed by atoms with Crippen LogP contribution in [0.4, 0.5) is 5.88 Å². The summed E-state index contributed by atoms with van der Waals surface area (Å²) in [5.41, 5.74) is 7.15. The van der Waals surface area contributed by atoms with Gasteiger partial charge in [0.25, 0.3) is 0 Å². The average Bonchev–Trinajstić information content (AvgIpc) is 2.71. The highest BCUT2D eigenvalue weighted by atomic mass is 35.5. The molecule has 0 saturated heterocycles. The first-order valence-electron chi connectivity index (χ1n) is 4.60. The van der Waals surface area contributed by atoms with Gasteiger partial charge in [-0.15, -0.1) is 0 Å². The maximum Gasteiger partial charge on any atom is 0.226 e. The third-order valence-corrected chi connectivity index (χ3v) is 2.34. The highest BCUT2D eigenvalue weighted by Gasteiger charge is 2.20. The van der Waals surface area contributed by atoms with Gasteiger partial charge in [0.1, 0.15) is 0 Å². The number of furan rings is 1. The summed E-state index contributed by atoms with van der Waals surface area (Å²) in [6.07, 6.45) is 0. The lowest BCUT2D eigenvalue weighted by Crippen LogP contribution is -1.93. The molecule has 0 aliphatic carbocycles. The number of nitrogens with zero attached hydrogens (tertiary/aromatic N) is 1. The summed E-state index contributed by atoms with van der Waals surface area (Å²) >= 11 is 5.69. The summed E-state index contributed by atoms with van der Waals surface area (Å²) < 4.78 is 10.2. The fourth-order valence-electron chi connectivity index (χ4n) is 1.49. The van der Waals surface area contributed by atoms with Crippen LogP contribution in [-0.2, 0) is 0 Å². The molecule has 2 rings (SSSR count). The molecule has 15 heavy (non-hydrogen) atoms. The second kappa shape index (κ2) is 3.62. The van der Waals surface area contributed by atoms with Crippen molar-refractivity contribution in [2.45, 2.75) is 19.8 Å². The molecule has 0 spiro atoms. The number of halogens is 1. The Morgan fingerprint density at radius 3 is 2.67 bits per heavy atom. The molecule has 0 aliphatic heterocycles. The van der Waals surface area contributed by atoms with Gasteiger partial charge in [-0.2, -0.15) is 0 Å². The highest BCUT2D eigenvalue weighted by molar-refractivity contribution is 6.28. The lowest BCUT2D eigenvalue weighted by atomic mass is 10.0. The number of hydrogen-bond donors (Lipinski definition) is 1. The number of hydrogen-bond acceptors (Lipinski definition) is 4. The fraction of sp³-hybridized carbons (Fsp3) is 0.300. The van der Waals surface area contributed by atoms with E-state index in [9.17, 15) is 0 Å². The molecule has 80 valence electrons. The first kappa shape index (κ1) is 10.1. The maximum absolute atomic E-state index is 5.69. The van der Waals surface area contributed by atoms with E-state index in [1.807, 2.05) is 13.8 Å². The smallest absolute Gasteiger partial charge is 0.226 e. The van der Waals surface area contributed by atoms with Crippen LogP contribution in [0.2, 0.25) is 5.22 Å². The van der Waals surface area contributed by atoms with Gasteiger partial charge < -0.3 is 14.7 Å². The van der Waals surface area contributed by atoms with E-state index in [1.165, 1.54) is 0 Å². The van der Waals surface area contributed by atoms with Crippen LogP contribution in [0.1, 0.15) is 25.3 Å². The molecule has 4 nitrogen and oxygen atoms in total. The zero-order valence-electron chi connectivity index (χ0n) is 8.45. The molecule has 0 unspecified atom stereocenters. The third kappa shape index (κ3) is 1.72. The highest BCUT2D eigenvalue weighted by Crippen LogP contribution is 2.34. The van der Waals surface area contributed by atoms with E-state index in [0.717, 1.165) is 5.56 Å². The third-order valence-electron chi connectivity index (χ3n) is 2.14. The Hall–Kier alpha value is -1.42. The monoisotopic (exact) mass is 226 g/mol. The lowest BCUT2D eigenvalue weighted by Gasteiger charge is -2.02.